The lowest BCUT2D eigenvalue weighted by Crippen LogP contribution is -2.56. The maximum atomic E-state index is 12.8. The van der Waals surface area contributed by atoms with Crippen LogP contribution in [-0.2, 0) is 30.5 Å². The molecular formula is C23H29N5O7. The highest BCUT2D eigenvalue weighted by Gasteiger charge is 2.31. The lowest BCUT2D eigenvalue weighted by Gasteiger charge is -2.24. The molecule has 1 aliphatic heterocycles. The summed E-state index contributed by atoms with van der Waals surface area (Å²) in [6.07, 6.45) is -0.0899. The van der Waals surface area contributed by atoms with Gasteiger partial charge in [-0.25, -0.2) is 9.79 Å². The topological polar surface area (TPSA) is 176 Å². The maximum Gasteiger partial charge on any atom is 0.408 e. The Morgan fingerprint density at radius 1 is 1.00 bits per heavy atom. The molecule has 0 aliphatic carbocycles. The van der Waals surface area contributed by atoms with Gasteiger partial charge in [0.15, 0.2) is 5.84 Å². The SMILES string of the molecule is CC(NC(=O)C(NC(=O)OCc1ccccc1)C(C)C)C(=O)NC(CC(=O)O)C(=O)C1=NCC=N1. The minimum Gasteiger partial charge on any atom is -0.481 e. The van der Waals surface area contributed by atoms with E-state index in [2.05, 4.69) is 25.9 Å². The van der Waals surface area contributed by atoms with E-state index in [0.29, 0.717) is 0 Å². The lowest BCUT2D eigenvalue weighted by molar-refractivity contribution is -0.139. The maximum absolute atomic E-state index is 12.8. The normalized spacial score (nSPS) is 14.9. The molecule has 1 aliphatic rings. The number of hydrogen-bond acceptors (Lipinski definition) is 8. The first kappa shape index (κ1) is 27.2. The van der Waals surface area contributed by atoms with Crippen molar-refractivity contribution in [2.75, 3.05) is 6.54 Å². The first-order valence-electron chi connectivity index (χ1n) is 11.0. The Kier molecular flexibility index (Phi) is 10.1. The molecule has 2 rings (SSSR count). The molecule has 3 unspecified atom stereocenters. The molecule has 1 aromatic carbocycles. The molecule has 0 saturated heterocycles. The van der Waals surface area contributed by atoms with E-state index in [1.807, 2.05) is 6.07 Å². The van der Waals surface area contributed by atoms with Crippen molar-refractivity contribution in [2.45, 2.75) is 51.9 Å². The Hall–Kier alpha value is -4.09. The van der Waals surface area contributed by atoms with Crippen LogP contribution in [0, 0.1) is 5.92 Å². The third kappa shape index (κ3) is 8.65. The van der Waals surface area contributed by atoms with Crippen molar-refractivity contribution in [3.8, 4) is 0 Å². The molecule has 3 amide bonds. The zero-order valence-corrected chi connectivity index (χ0v) is 19.7. The number of amidine groups is 1. The van der Waals surface area contributed by atoms with Crippen molar-refractivity contribution in [2.24, 2.45) is 15.9 Å². The molecule has 0 fully saturated rings. The fraction of sp³-hybridized carbons (Fsp3) is 0.435. The van der Waals surface area contributed by atoms with Gasteiger partial charge in [0, 0.05) is 6.21 Å². The van der Waals surface area contributed by atoms with Gasteiger partial charge in [0.25, 0.3) is 0 Å². The van der Waals surface area contributed by atoms with Crippen LogP contribution in [0.3, 0.4) is 0 Å². The molecule has 0 spiro atoms. The summed E-state index contributed by atoms with van der Waals surface area (Å²) in [7, 11) is 0. The van der Waals surface area contributed by atoms with E-state index in [1.54, 1.807) is 38.1 Å². The summed E-state index contributed by atoms with van der Waals surface area (Å²) in [5.74, 6) is -3.99. The van der Waals surface area contributed by atoms with Crippen molar-refractivity contribution in [3.63, 3.8) is 0 Å². The van der Waals surface area contributed by atoms with Gasteiger partial charge in [0.05, 0.1) is 13.0 Å². The molecule has 35 heavy (non-hydrogen) atoms. The van der Waals surface area contributed by atoms with E-state index in [1.165, 1.54) is 13.1 Å². The van der Waals surface area contributed by atoms with Crippen LogP contribution >= 0.6 is 0 Å². The largest absolute Gasteiger partial charge is 0.481 e. The number of Topliss-reactive ketones (excluding diaryl/α,β-unsaturated/α-hetero) is 1. The average molecular weight is 488 g/mol. The molecule has 0 saturated carbocycles. The number of carboxylic acid groups (broad SMARTS) is 1. The Bertz CT molecular complexity index is 1010. The number of nitrogens with zero attached hydrogens (tertiary/aromatic N) is 2. The number of aliphatic imine (C=N–C) groups is 2. The van der Waals surface area contributed by atoms with Gasteiger partial charge in [-0.05, 0) is 18.4 Å². The van der Waals surface area contributed by atoms with Gasteiger partial charge in [0.2, 0.25) is 17.6 Å². The highest BCUT2D eigenvalue weighted by molar-refractivity contribution is 6.43. The van der Waals surface area contributed by atoms with Crippen LogP contribution in [0.15, 0.2) is 40.3 Å². The number of carboxylic acids is 1. The number of hydrogen-bond donors (Lipinski definition) is 4. The van der Waals surface area contributed by atoms with Crippen molar-refractivity contribution in [1.29, 1.82) is 0 Å². The molecule has 0 radical (unpaired) electrons. The predicted molar refractivity (Wildman–Crippen MR) is 126 cm³/mol. The fourth-order valence-electron chi connectivity index (χ4n) is 3.07. The van der Waals surface area contributed by atoms with Gasteiger partial charge < -0.3 is 25.8 Å². The second-order valence-corrected chi connectivity index (χ2v) is 8.16. The molecule has 1 heterocycles. The van der Waals surface area contributed by atoms with Crippen LogP contribution in [0.25, 0.3) is 0 Å². The summed E-state index contributed by atoms with van der Waals surface area (Å²) in [5, 5.41) is 16.4. The molecule has 0 bridgehead atoms. The summed E-state index contributed by atoms with van der Waals surface area (Å²) in [5.41, 5.74) is 0.776. The van der Waals surface area contributed by atoms with Gasteiger partial charge in [-0.2, -0.15) is 0 Å². The number of ether oxygens (including phenoxy) is 1. The van der Waals surface area contributed by atoms with Crippen molar-refractivity contribution in [3.05, 3.63) is 35.9 Å². The average Bonchev–Trinajstić information content (AvgIpc) is 3.35. The van der Waals surface area contributed by atoms with Crippen LogP contribution < -0.4 is 16.0 Å². The Labute approximate surface area is 202 Å². The van der Waals surface area contributed by atoms with Gasteiger partial charge in [-0.15, -0.1) is 0 Å². The number of nitrogens with one attached hydrogen (secondary N) is 3. The third-order valence-corrected chi connectivity index (χ3v) is 4.96. The van der Waals surface area contributed by atoms with Crippen LogP contribution in [0.1, 0.15) is 32.8 Å². The van der Waals surface area contributed by atoms with Crippen LogP contribution in [0.4, 0.5) is 4.79 Å². The predicted octanol–water partition coefficient (Wildman–Crippen LogP) is 0.454. The number of amides is 3. The summed E-state index contributed by atoms with van der Waals surface area (Å²) >= 11 is 0. The van der Waals surface area contributed by atoms with Crippen molar-refractivity contribution in [1.82, 2.24) is 16.0 Å². The Balaban J connectivity index is 1.95. The zero-order valence-electron chi connectivity index (χ0n) is 19.7. The van der Waals surface area contributed by atoms with E-state index >= 15 is 0 Å². The molecule has 12 nitrogen and oxygen atoms in total. The number of carbonyl (C=O) groups excluding carboxylic acids is 4. The fourth-order valence-corrected chi connectivity index (χ4v) is 3.07. The quantitative estimate of drug-likeness (QED) is 0.331. The van der Waals surface area contributed by atoms with E-state index in [0.717, 1.165) is 5.56 Å². The molecule has 3 atom stereocenters. The van der Waals surface area contributed by atoms with Gasteiger partial charge in [-0.3, -0.25) is 24.2 Å². The van der Waals surface area contributed by atoms with E-state index in [4.69, 9.17) is 9.84 Å². The second-order valence-electron chi connectivity index (χ2n) is 8.16. The highest BCUT2D eigenvalue weighted by atomic mass is 16.5. The number of rotatable bonds is 12. The Morgan fingerprint density at radius 3 is 2.26 bits per heavy atom. The second kappa shape index (κ2) is 13.0. The van der Waals surface area contributed by atoms with Crippen molar-refractivity contribution < 1.29 is 33.8 Å². The number of ketones is 1. The van der Waals surface area contributed by atoms with Crippen LogP contribution in [0.5, 0.6) is 0 Å². The van der Waals surface area contributed by atoms with Crippen LogP contribution in [0.2, 0.25) is 0 Å². The monoisotopic (exact) mass is 487 g/mol. The standard InChI is InChI=1S/C23H29N5O7/c1-13(2)18(28-23(34)35-12-15-7-5-4-6-8-15)22(33)26-14(3)21(32)27-16(11-17(29)30)19(31)20-24-9-10-25-20/h4-9,13-14,16,18H,10-12H2,1-3H3,(H,26,33)(H,27,32)(H,28,34)(H,29,30). The minimum atomic E-state index is -1.40. The van der Waals surface area contributed by atoms with Gasteiger partial charge >= 0.3 is 12.1 Å². The summed E-state index contributed by atoms with van der Waals surface area (Å²) in [6, 6.07) is 5.46. The van der Waals surface area contributed by atoms with Crippen LogP contribution in [-0.4, -0.2) is 71.5 Å². The highest BCUT2D eigenvalue weighted by Crippen LogP contribution is 2.06. The Morgan fingerprint density at radius 2 is 1.69 bits per heavy atom. The molecule has 188 valence electrons. The first-order valence-corrected chi connectivity index (χ1v) is 11.0. The number of alkyl carbamates (subject to hydrolysis) is 1. The van der Waals surface area contributed by atoms with E-state index < -0.39 is 54.2 Å². The lowest BCUT2D eigenvalue weighted by atomic mass is 10.0. The summed E-state index contributed by atoms with van der Waals surface area (Å²) in [6.45, 7) is 4.99. The van der Waals surface area contributed by atoms with Gasteiger partial charge in [-0.1, -0.05) is 44.2 Å². The summed E-state index contributed by atoms with van der Waals surface area (Å²) < 4.78 is 5.15. The number of aliphatic carboxylic acids is 1. The third-order valence-electron chi connectivity index (χ3n) is 4.96. The summed E-state index contributed by atoms with van der Waals surface area (Å²) in [4.78, 5) is 68.8. The minimum absolute atomic E-state index is 0.0201. The molecule has 12 heteroatoms. The van der Waals surface area contributed by atoms with Gasteiger partial charge in [0.1, 0.15) is 24.7 Å². The molecule has 1 aromatic rings. The van der Waals surface area contributed by atoms with E-state index in [9.17, 15) is 24.0 Å². The first-order chi connectivity index (χ1) is 16.6. The molecular weight excluding hydrogens is 458 g/mol. The van der Waals surface area contributed by atoms with E-state index in [-0.39, 0.29) is 24.9 Å². The molecule has 4 N–H and O–H groups in total. The number of carbonyl (C=O) groups is 5. The van der Waals surface area contributed by atoms with Crippen molar-refractivity contribution >= 4 is 41.7 Å². The zero-order chi connectivity index (χ0) is 26.0. The smallest absolute Gasteiger partial charge is 0.408 e. The molecule has 0 aromatic heterocycles. The number of benzene rings is 1.